The molecule has 8 heteroatoms. The van der Waals surface area contributed by atoms with Crippen molar-refractivity contribution in [2.45, 2.75) is 149 Å². The summed E-state index contributed by atoms with van der Waals surface area (Å²) in [4.78, 5) is 29.7. The molecule has 5 rings (SSSR count). The number of nitrogens with zero attached hydrogens (tertiary/aromatic N) is 1. The van der Waals surface area contributed by atoms with Crippen LogP contribution in [0.4, 0.5) is 4.79 Å². The molecule has 6 N–H and O–H groups in total. The van der Waals surface area contributed by atoms with Gasteiger partial charge in [0.05, 0.1) is 0 Å². The first-order chi connectivity index (χ1) is 26.5. The van der Waals surface area contributed by atoms with Gasteiger partial charge in [-0.25, -0.2) is 4.79 Å². The first kappa shape index (κ1) is 43.7. The molecule has 0 aromatic heterocycles. The largest absolute Gasteiger partial charge is 0.446 e. The highest BCUT2D eigenvalue weighted by Gasteiger charge is 2.59. The Hall–Kier alpha value is -2.42. The van der Waals surface area contributed by atoms with Crippen LogP contribution < -0.4 is 22.1 Å². The SMILES string of the molecule is CC(C)CCCC(C)C1CCC2C3CC=C4CC(OC(=O)NC(Cc5ccccc5)C(=O)N(CCCN)CCCCNCCCN)CCC4(C)C3CCC12C. The fraction of sp³-hybridized carbons (Fsp3) is 0.787. The molecule has 0 saturated heterocycles. The van der Waals surface area contributed by atoms with E-state index in [0.29, 0.717) is 38.0 Å². The van der Waals surface area contributed by atoms with E-state index in [1.807, 2.05) is 35.2 Å². The van der Waals surface area contributed by atoms with E-state index in [1.165, 1.54) is 56.9 Å². The lowest BCUT2D eigenvalue weighted by molar-refractivity contribution is -0.133. The fourth-order valence-electron chi connectivity index (χ4n) is 11.9. The molecule has 4 aliphatic carbocycles. The Morgan fingerprint density at radius 3 is 2.36 bits per heavy atom. The maximum absolute atomic E-state index is 14.2. The lowest BCUT2D eigenvalue weighted by Gasteiger charge is -2.58. The molecule has 4 aliphatic rings. The maximum atomic E-state index is 14.2. The number of hydrogen-bond acceptors (Lipinski definition) is 6. The summed E-state index contributed by atoms with van der Waals surface area (Å²) < 4.78 is 6.22. The lowest BCUT2D eigenvalue weighted by Crippen LogP contribution is -2.52. The van der Waals surface area contributed by atoms with E-state index in [2.05, 4.69) is 51.3 Å². The van der Waals surface area contributed by atoms with Crippen LogP contribution in [0.1, 0.15) is 136 Å². The third kappa shape index (κ3) is 11.2. The van der Waals surface area contributed by atoms with Gasteiger partial charge in [-0.15, -0.1) is 0 Å². The second-order valence-electron chi connectivity index (χ2n) is 19.0. The van der Waals surface area contributed by atoms with Gasteiger partial charge in [-0.3, -0.25) is 4.79 Å². The monoisotopic (exact) mass is 762 g/mol. The first-order valence-corrected chi connectivity index (χ1v) is 22.6. The lowest BCUT2D eigenvalue weighted by atomic mass is 9.47. The molecule has 9 unspecified atom stereocenters. The van der Waals surface area contributed by atoms with Gasteiger partial charge in [-0.1, -0.05) is 95.9 Å². The van der Waals surface area contributed by atoms with E-state index in [0.717, 1.165) is 99.1 Å². The summed E-state index contributed by atoms with van der Waals surface area (Å²) in [6.07, 6.45) is 19.4. The van der Waals surface area contributed by atoms with Gasteiger partial charge in [-0.05, 0) is 149 Å². The van der Waals surface area contributed by atoms with E-state index in [4.69, 9.17) is 16.2 Å². The molecule has 310 valence electrons. The van der Waals surface area contributed by atoms with Crippen LogP contribution in [-0.4, -0.2) is 68.3 Å². The van der Waals surface area contributed by atoms with Crippen LogP contribution in [0, 0.1) is 46.3 Å². The Balaban J connectivity index is 1.19. The van der Waals surface area contributed by atoms with Crippen LogP contribution in [0.25, 0.3) is 0 Å². The Morgan fingerprint density at radius 1 is 0.873 bits per heavy atom. The van der Waals surface area contributed by atoms with Gasteiger partial charge in [0.1, 0.15) is 12.1 Å². The number of hydrogen-bond donors (Lipinski definition) is 4. The number of carbonyl (C=O) groups is 2. The van der Waals surface area contributed by atoms with E-state index < -0.39 is 12.1 Å². The highest BCUT2D eigenvalue weighted by Crippen LogP contribution is 2.67. The van der Waals surface area contributed by atoms with Crippen LogP contribution in [0.2, 0.25) is 0 Å². The minimum Gasteiger partial charge on any atom is -0.446 e. The summed E-state index contributed by atoms with van der Waals surface area (Å²) in [6, 6.07) is 9.26. The molecular weight excluding hydrogens is 683 g/mol. The van der Waals surface area contributed by atoms with Crippen molar-refractivity contribution in [3.05, 3.63) is 47.5 Å². The molecule has 0 heterocycles. The Kier molecular flexibility index (Phi) is 16.6. The van der Waals surface area contributed by atoms with Crippen molar-refractivity contribution in [2.24, 2.45) is 57.8 Å². The minimum absolute atomic E-state index is 0.0639. The number of ether oxygens (including phenoxy) is 1. The minimum atomic E-state index is -0.705. The number of amides is 2. The van der Waals surface area contributed by atoms with Crippen molar-refractivity contribution >= 4 is 12.0 Å². The number of rotatable bonds is 21. The number of nitrogens with two attached hydrogens (primary N) is 2. The van der Waals surface area contributed by atoms with Crippen LogP contribution in [0.15, 0.2) is 42.0 Å². The Bertz CT molecular complexity index is 1370. The zero-order chi connectivity index (χ0) is 39.4. The summed E-state index contributed by atoms with van der Waals surface area (Å²) in [7, 11) is 0. The second-order valence-corrected chi connectivity index (χ2v) is 19.0. The number of nitrogens with one attached hydrogen (secondary N) is 2. The molecule has 8 nitrogen and oxygen atoms in total. The van der Waals surface area contributed by atoms with Crippen molar-refractivity contribution in [2.75, 3.05) is 39.3 Å². The van der Waals surface area contributed by atoms with Crippen LogP contribution in [0.5, 0.6) is 0 Å². The fourth-order valence-corrected chi connectivity index (χ4v) is 11.9. The standard InChI is InChI=1S/C47H79N5O3/c1-34(2)14-11-15-35(3)40-20-21-41-39-19-18-37-33-38(22-24-46(37,4)42(39)23-25-47(40,41)5)55-45(54)51-43(32-36-16-7-6-8-17-36)44(53)52(31-13-27-49)30-10-9-28-50-29-12-26-48/h6-8,16-18,34-35,38-43,50H,9-15,19-33,48-49H2,1-5H3,(H,51,54). The van der Waals surface area contributed by atoms with Crippen LogP contribution in [0.3, 0.4) is 0 Å². The van der Waals surface area contributed by atoms with E-state index in [9.17, 15) is 9.59 Å². The molecule has 0 aliphatic heterocycles. The molecule has 0 spiro atoms. The van der Waals surface area contributed by atoms with Crippen molar-refractivity contribution in [1.29, 1.82) is 0 Å². The van der Waals surface area contributed by atoms with Crippen molar-refractivity contribution in [3.63, 3.8) is 0 Å². The molecular formula is C47H79N5O3. The highest BCUT2D eigenvalue weighted by atomic mass is 16.6. The predicted molar refractivity (Wildman–Crippen MR) is 226 cm³/mol. The normalized spacial score (nSPS) is 29.7. The van der Waals surface area contributed by atoms with Crippen LogP contribution in [-0.2, 0) is 16.0 Å². The summed E-state index contributed by atoms with van der Waals surface area (Å²) >= 11 is 0. The van der Waals surface area contributed by atoms with Gasteiger partial charge in [0.15, 0.2) is 0 Å². The van der Waals surface area contributed by atoms with Crippen molar-refractivity contribution in [1.82, 2.24) is 15.5 Å². The average molecular weight is 762 g/mol. The molecule has 2 amide bonds. The predicted octanol–water partition coefficient (Wildman–Crippen LogP) is 8.63. The third-order valence-electron chi connectivity index (χ3n) is 14.9. The zero-order valence-electron chi connectivity index (χ0n) is 35.5. The number of fused-ring (bicyclic) bond motifs is 5. The molecule has 55 heavy (non-hydrogen) atoms. The van der Waals surface area contributed by atoms with E-state index in [1.54, 1.807) is 0 Å². The summed E-state index contributed by atoms with van der Waals surface area (Å²) in [5.74, 6) is 4.77. The number of unbranched alkanes of at least 4 members (excludes halogenated alkanes) is 1. The average Bonchev–Trinajstić information content (AvgIpc) is 3.53. The molecule has 3 saturated carbocycles. The molecule has 1 aromatic rings. The molecule has 0 bridgehead atoms. The van der Waals surface area contributed by atoms with Crippen molar-refractivity contribution in [3.8, 4) is 0 Å². The summed E-state index contributed by atoms with van der Waals surface area (Å²) in [5, 5.41) is 6.48. The van der Waals surface area contributed by atoms with Crippen LogP contribution >= 0.6 is 0 Å². The van der Waals surface area contributed by atoms with Gasteiger partial charge in [0.25, 0.3) is 0 Å². The quantitative estimate of drug-likeness (QED) is 0.0735. The summed E-state index contributed by atoms with van der Waals surface area (Å²) in [6.45, 7) is 16.7. The zero-order valence-corrected chi connectivity index (χ0v) is 35.5. The van der Waals surface area contributed by atoms with Gasteiger partial charge in [0, 0.05) is 25.9 Å². The molecule has 3 fully saturated rings. The van der Waals surface area contributed by atoms with Gasteiger partial charge in [-0.2, -0.15) is 0 Å². The Morgan fingerprint density at radius 2 is 1.62 bits per heavy atom. The number of benzene rings is 1. The van der Waals surface area contributed by atoms with E-state index >= 15 is 0 Å². The first-order valence-electron chi connectivity index (χ1n) is 22.6. The molecule has 1 aromatic carbocycles. The summed E-state index contributed by atoms with van der Waals surface area (Å²) in [5.41, 5.74) is 14.7. The smallest absolute Gasteiger partial charge is 0.408 e. The molecule has 0 radical (unpaired) electrons. The van der Waals surface area contributed by atoms with Gasteiger partial charge >= 0.3 is 6.09 Å². The number of carbonyl (C=O) groups excluding carboxylic acids is 2. The maximum Gasteiger partial charge on any atom is 0.408 e. The van der Waals surface area contributed by atoms with Crippen molar-refractivity contribution < 1.29 is 14.3 Å². The third-order valence-corrected chi connectivity index (χ3v) is 14.9. The highest BCUT2D eigenvalue weighted by molar-refractivity contribution is 5.86. The van der Waals surface area contributed by atoms with Gasteiger partial charge < -0.3 is 31.7 Å². The molecule has 9 atom stereocenters. The second kappa shape index (κ2) is 20.8. The Labute approximate surface area is 335 Å². The van der Waals surface area contributed by atoms with Gasteiger partial charge in [0.2, 0.25) is 5.91 Å². The topological polar surface area (TPSA) is 123 Å². The number of allylic oxidation sites excluding steroid dienone is 1. The van der Waals surface area contributed by atoms with E-state index in [-0.39, 0.29) is 17.4 Å². The number of alkyl carbamates (subject to hydrolysis) is 1.